The summed E-state index contributed by atoms with van der Waals surface area (Å²) in [5, 5.41) is 9.28. The highest BCUT2D eigenvalue weighted by molar-refractivity contribution is 5.89. The molecule has 0 aliphatic carbocycles. The van der Waals surface area contributed by atoms with E-state index in [-0.39, 0.29) is 0 Å². The zero-order chi connectivity index (χ0) is 17.8. The number of hydrogen-bond donors (Lipinski definition) is 1. The third-order valence-corrected chi connectivity index (χ3v) is 3.15. The van der Waals surface area contributed by atoms with Gasteiger partial charge in [-0.15, -0.1) is 0 Å². The van der Waals surface area contributed by atoms with E-state index < -0.39 is 17.7 Å². The van der Waals surface area contributed by atoms with Crippen LogP contribution in [0.15, 0.2) is 18.2 Å². The third kappa shape index (κ3) is 6.30. The van der Waals surface area contributed by atoms with Crippen molar-refractivity contribution in [3.63, 3.8) is 0 Å². The SMILES string of the molecule is CC(C)Cc1cc(CN(C)C(=O)OC(C)(C)C)ccc1C(=O)O. The first-order valence-corrected chi connectivity index (χ1v) is 7.79. The fourth-order valence-electron chi connectivity index (χ4n) is 2.24. The lowest BCUT2D eigenvalue weighted by molar-refractivity contribution is 0.0284. The lowest BCUT2D eigenvalue weighted by atomic mass is 9.96. The van der Waals surface area contributed by atoms with Gasteiger partial charge in [0.2, 0.25) is 0 Å². The Morgan fingerprint density at radius 2 is 1.87 bits per heavy atom. The van der Waals surface area contributed by atoms with Gasteiger partial charge in [-0.2, -0.15) is 0 Å². The fourth-order valence-corrected chi connectivity index (χ4v) is 2.24. The molecule has 0 saturated carbocycles. The van der Waals surface area contributed by atoms with Gasteiger partial charge >= 0.3 is 12.1 Å². The van der Waals surface area contributed by atoms with Gasteiger partial charge in [-0.25, -0.2) is 9.59 Å². The highest BCUT2D eigenvalue weighted by Gasteiger charge is 2.20. The molecule has 0 unspecified atom stereocenters. The van der Waals surface area contributed by atoms with Crippen molar-refractivity contribution in [1.82, 2.24) is 4.90 Å². The van der Waals surface area contributed by atoms with Gasteiger partial charge in [-0.3, -0.25) is 0 Å². The molecular formula is C18H27NO4. The molecule has 0 fully saturated rings. The van der Waals surface area contributed by atoms with E-state index in [1.165, 1.54) is 4.90 Å². The summed E-state index contributed by atoms with van der Waals surface area (Å²) in [6.45, 7) is 9.93. The molecule has 0 radical (unpaired) electrons. The van der Waals surface area contributed by atoms with Crippen molar-refractivity contribution in [3.05, 3.63) is 34.9 Å². The number of aromatic carboxylic acids is 1. The number of benzene rings is 1. The molecule has 0 bridgehead atoms. The Bertz CT molecular complexity index is 573. The molecule has 5 nitrogen and oxygen atoms in total. The number of rotatable bonds is 5. The van der Waals surface area contributed by atoms with Crippen molar-refractivity contribution in [2.45, 2.75) is 53.2 Å². The van der Waals surface area contributed by atoms with Gasteiger partial charge in [-0.1, -0.05) is 26.0 Å². The van der Waals surface area contributed by atoms with Gasteiger partial charge in [-0.05, 0) is 50.3 Å². The molecule has 0 atom stereocenters. The molecule has 1 N–H and O–H groups in total. The van der Waals surface area contributed by atoms with Gasteiger partial charge in [0.15, 0.2) is 0 Å². The number of ether oxygens (including phenoxy) is 1. The summed E-state index contributed by atoms with van der Waals surface area (Å²) in [4.78, 5) is 24.8. The Morgan fingerprint density at radius 3 is 2.35 bits per heavy atom. The quantitative estimate of drug-likeness (QED) is 0.891. The van der Waals surface area contributed by atoms with Crippen LogP contribution in [0.3, 0.4) is 0 Å². The average molecular weight is 321 g/mol. The minimum atomic E-state index is -0.923. The van der Waals surface area contributed by atoms with Gasteiger partial charge in [0, 0.05) is 13.6 Å². The third-order valence-electron chi connectivity index (χ3n) is 3.15. The minimum Gasteiger partial charge on any atom is -0.478 e. The second kappa shape index (κ2) is 7.49. The summed E-state index contributed by atoms with van der Waals surface area (Å²) in [6, 6.07) is 5.22. The lowest BCUT2D eigenvalue weighted by Crippen LogP contribution is -2.33. The van der Waals surface area contributed by atoms with E-state index >= 15 is 0 Å². The van der Waals surface area contributed by atoms with E-state index in [1.807, 2.05) is 40.7 Å². The second-order valence-corrected chi connectivity index (χ2v) is 7.23. The largest absolute Gasteiger partial charge is 0.478 e. The number of nitrogens with zero attached hydrogens (tertiary/aromatic N) is 1. The minimum absolute atomic E-state index is 0.322. The summed E-state index contributed by atoms with van der Waals surface area (Å²) in [7, 11) is 1.67. The van der Waals surface area contributed by atoms with Crippen LogP contribution in [-0.4, -0.2) is 34.7 Å². The van der Waals surface area contributed by atoms with Crippen LogP contribution in [0.2, 0.25) is 0 Å². The number of amides is 1. The summed E-state index contributed by atoms with van der Waals surface area (Å²) < 4.78 is 5.32. The van der Waals surface area contributed by atoms with Gasteiger partial charge in [0.1, 0.15) is 5.60 Å². The molecule has 23 heavy (non-hydrogen) atoms. The zero-order valence-corrected chi connectivity index (χ0v) is 14.8. The maximum atomic E-state index is 12.0. The van der Waals surface area contributed by atoms with Gasteiger partial charge in [0.05, 0.1) is 5.56 Å². The molecule has 0 spiro atoms. The summed E-state index contributed by atoms with van der Waals surface area (Å²) in [5.74, 6) is -0.570. The summed E-state index contributed by atoms with van der Waals surface area (Å²) >= 11 is 0. The maximum absolute atomic E-state index is 12.0. The maximum Gasteiger partial charge on any atom is 0.410 e. The lowest BCUT2D eigenvalue weighted by Gasteiger charge is -2.25. The Morgan fingerprint density at radius 1 is 1.26 bits per heavy atom. The van der Waals surface area contributed by atoms with E-state index in [4.69, 9.17) is 4.74 Å². The van der Waals surface area contributed by atoms with E-state index in [1.54, 1.807) is 19.2 Å². The van der Waals surface area contributed by atoms with Crippen LogP contribution in [0, 0.1) is 5.92 Å². The zero-order valence-electron chi connectivity index (χ0n) is 14.8. The molecule has 1 aromatic rings. The number of hydrogen-bond acceptors (Lipinski definition) is 3. The van der Waals surface area contributed by atoms with Crippen molar-refractivity contribution in [2.24, 2.45) is 5.92 Å². The van der Waals surface area contributed by atoms with Gasteiger partial charge < -0.3 is 14.7 Å². The Balaban J connectivity index is 2.92. The highest BCUT2D eigenvalue weighted by atomic mass is 16.6. The molecule has 1 rings (SSSR count). The Hall–Kier alpha value is -2.04. The molecule has 1 aromatic carbocycles. The summed E-state index contributed by atoms with van der Waals surface area (Å²) in [6.07, 6.45) is 0.288. The standard InChI is InChI=1S/C18H27NO4/c1-12(2)9-14-10-13(7-8-15(14)16(20)21)11-19(6)17(22)23-18(3,4)5/h7-8,10,12H,9,11H2,1-6H3,(H,20,21). The molecule has 1 amide bonds. The van der Waals surface area contributed by atoms with Gasteiger partial charge in [0.25, 0.3) is 0 Å². The Labute approximate surface area is 138 Å². The molecule has 128 valence electrons. The van der Waals surface area contributed by atoms with Crippen LogP contribution in [0.25, 0.3) is 0 Å². The molecule has 0 saturated heterocycles. The van der Waals surface area contributed by atoms with Crippen molar-refractivity contribution in [2.75, 3.05) is 7.05 Å². The highest BCUT2D eigenvalue weighted by Crippen LogP contribution is 2.18. The molecule has 0 aromatic heterocycles. The predicted molar refractivity (Wildman–Crippen MR) is 89.6 cm³/mol. The topological polar surface area (TPSA) is 66.8 Å². The molecular weight excluding hydrogens is 294 g/mol. The van der Waals surface area contributed by atoms with E-state index in [0.29, 0.717) is 24.4 Å². The van der Waals surface area contributed by atoms with Crippen molar-refractivity contribution in [1.29, 1.82) is 0 Å². The monoisotopic (exact) mass is 321 g/mol. The van der Waals surface area contributed by atoms with Crippen LogP contribution in [0.1, 0.15) is 56.1 Å². The van der Waals surface area contributed by atoms with Crippen LogP contribution >= 0.6 is 0 Å². The average Bonchev–Trinajstić information content (AvgIpc) is 2.35. The van der Waals surface area contributed by atoms with Crippen LogP contribution in [0.5, 0.6) is 0 Å². The second-order valence-electron chi connectivity index (χ2n) is 7.23. The molecule has 0 heterocycles. The van der Waals surface area contributed by atoms with E-state index in [2.05, 4.69) is 0 Å². The predicted octanol–water partition coefficient (Wildman–Crippen LogP) is 3.95. The van der Waals surface area contributed by atoms with E-state index in [9.17, 15) is 14.7 Å². The summed E-state index contributed by atoms with van der Waals surface area (Å²) in [5.41, 5.74) is 1.46. The number of carbonyl (C=O) groups is 2. The van der Waals surface area contributed by atoms with E-state index in [0.717, 1.165) is 11.1 Å². The fraction of sp³-hybridized carbons (Fsp3) is 0.556. The van der Waals surface area contributed by atoms with Crippen LogP contribution in [0.4, 0.5) is 4.79 Å². The van der Waals surface area contributed by atoms with Crippen molar-refractivity contribution < 1.29 is 19.4 Å². The normalized spacial score (nSPS) is 11.4. The first-order chi connectivity index (χ1) is 10.5. The van der Waals surface area contributed by atoms with Crippen LogP contribution in [-0.2, 0) is 17.7 Å². The number of carboxylic acid groups (broad SMARTS) is 1. The number of carboxylic acids is 1. The Kier molecular flexibility index (Phi) is 6.19. The molecule has 0 aliphatic rings. The first kappa shape index (κ1) is 19.0. The van der Waals surface area contributed by atoms with Crippen LogP contribution < -0.4 is 0 Å². The smallest absolute Gasteiger partial charge is 0.410 e. The first-order valence-electron chi connectivity index (χ1n) is 7.79. The van der Waals surface area contributed by atoms with Crippen molar-refractivity contribution in [3.8, 4) is 0 Å². The van der Waals surface area contributed by atoms with Crippen molar-refractivity contribution >= 4 is 12.1 Å². The molecule has 0 aliphatic heterocycles. The molecule has 5 heteroatoms. The number of carbonyl (C=O) groups excluding carboxylic acids is 1.